The van der Waals surface area contributed by atoms with Gasteiger partial charge in [0.1, 0.15) is 24.7 Å². The second-order valence-corrected chi connectivity index (χ2v) is 7.02. The van der Waals surface area contributed by atoms with Crippen molar-refractivity contribution in [2.75, 3.05) is 14.2 Å². The molecule has 0 radical (unpaired) electrons. The van der Waals surface area contributed by atoms with Crippen LogP contribution in [0.25, 0.3) is 11.1 Å². The van der Waals surface area contributed by atoms with Crippen molar-refractivity contribution in [1.29, 1.82) is 0 Å². The minimum Gasteiger partial charge on any atom is -0.497 e. The monoisotopic (exact) mass is 392 g/mol. The lowest BCUT2D eigenvalue weighted by atomic mass is 9.94. The average Bonchev–Trinajstić information content (AvgIpc) is 2.76. The Balaban J connectivity index is 1.61. The Bertz CT molecular complexity index is 1010. The standard InChI is InChI=1S/C24H24O5/c1-15(25)17-6-9-20-18(10-17)14-29-22-12-24(23(27-3)11-21(20)22)28-13-16-4-7-19(26-2)8-5-16/h4-12,15,25H,13-14H2,1-3H3/t15-/m1/s1. The number of aliphatic hydroxyl groups excluding tert-OH is 1. The third-order valence-electron chi connectivity index (χ3n) is 5.10. The van der Waals surface area contributed by atoms with E-state index in [9.17, 15) is 5.11 Å². The third-order valence-corrected chi connectivity index (χ3v) is 5.10. The molecule has 29 heavy (non-hydrogen) atoms. The van der Waals surface area contributed by atoms with E-state index in [-0.39, 0.29) is 0 Å². The first-order valence-corrected chi connectivity index (χ1v) is 9.51. The first kappa shape index (κ1) is 19.2. The zero-order valence-corrected chi connectivity index (χ0v) is 16.8. The zero-order valence-electron chi connectivity index (χ0n) is 16.8. The van der Waals surface area contributed by atoms with Gasteiger partial charge in [0.05, 0.1) is 20.3 Å². The van der Waals surface area contributed by atoms with Crippen LogP contribution in [0.2, 0.25) is 0 Å². The maximum atomic E-state index is 9.84. The molecule has 0 bridgehead atoms. The Labute approximate surface area is 170 Å². The number of rotatable bonds is 6. The van der Waals surface area contributed by atoms with E-state index in [1.54, 1.807) is 21.1 Å². The molecule has 0 saturated carbocycles. The van der Waals surface area contributed by atoms with Crippen molar-refractivity contribution in [2.24, 2.45) is 0 Å². The number of hydrogen-bond acceptors (Lipinski definition) is 5. The fraction of sp³-hybridized carbons (Fsp3) is 0.250. The average molecular weight is 392 g/mol. The molecule has 1 heterocycles. The summed E-state index contributed by atoms with van der Waals surface area (Å²) in [6.07, 6.45) is -0.509. The molecule has 4 rings (SSSR count). The molecule has 5 nitrogen and oxygen atoms in total. The summed E-state index contributed by atoms with van der Waals surface area (Å²) in [5, 5.41) is 9.84. The lowest BCUT2D eigenvalue weighted by molar-refractivity contribution is 0.199. The van der Waals surface area contributed by atoms with Crippen LogP contribution in [0, 0.1) is 0 Å². The van der Waals surface area contributed by atoms with Crippen molar-refractivity contribution >= 4 is 0 Å². The number of benzene rings is 3. The van der Waals surface area contributed by atoms with Crippen LogP contribution in [0.4, 0.5) is 0 Å². The first-order chi connectivity index (χ1) is 14.1. The van der Waals surface area contributed by atoms with Crippen molar-refractivity contribution in [3.05, 3.63) is 71.3 Å². The van der Waals surface area contributed by atoms with E-state index >= 15 is 0 Å². The summed E-state index contributed by atoms with van der Waals surface area (Å²) in [6.45, 7) is 2.62. The molecule has 3 aromatic carbocycles. The van der Waals surface area contributed by atoms with Crippen molar-refractivity contribution in [3.63, 3.8) is 0 Å². The van der Waals surface area contributed by atoms with E-state index < -0.39 is 6.10 Å². The van der Waals surface area contributed by atoms with E-state index in [4.69, 9.17) is 18.9 Å². The fourth-order valence-electron chi connectivity index (χ4n) is 3.44. The number of fused-ring (bicyclic) bond motifs is 3. The molecular weight excluding hydrogens is 368 g/mol. The third kappa shape index (κ3) is 3.87. The van der Waals surface area contributed by atoms with E-state index in [1.165, 1.54) is 0 Å². The maximum Gasteiger partial charge on any atom is 0.165 e. The number of hydrogen-bond donors (Lipinski definition) is 1. The molecule has 3 aromatic rings. The van der Waals surface area contributed by atoms with Crippen LogP contribution in [-0.4, -0.2) is 19.3 Å². The number of methoxy groups -OCH3 is 2. The number of ether oxygens (including phenoxy) is 4. The quantitative estimate of drug-likeness (QED) is 0.647. The lowest BCUT2D eigenvalue weighted by Gasteiger charge is -2.24. The van der Waals surface area contributed by atoms with Gasteiger partial charge in [-0.05, 0) is 53.4 Å². The summed E-state index contributed by atoms with van der Waals surface area (Å²) < 4.78 is 22.7. The molecule has 1 atom stereocenters. The SMILES string of the molecule is COc1ccc(COc2cc3c(cc2OC)-c2ccc([C@@H](C)O)cc2CO3)cc1. The van der Waals surface area contributed by atoms with Gasteiger partial charge < -0.3 is 24.1 Å². The van der Waals surface area contributed by atoms with Crippen molar-refractivity contribution in [2.45, 2.75) is 26.2 Å². The summed E-state index contributed by atoms with van der Waals surface area (Å²) in [5.41, 5.74) is 4.99. The molecule has 0 aromatic heterocycles. The molecule has 1 aliphatic rings. The van der Waals surface area contributed by atoms with Gasteiger partial charge in [0, 0.05) is 11.6 Å². The topological polar surface area (TPSA) is 57.2 Å². The largest absolute Gasteiger partial charge is 0.497 e. The molecule has 0 fully saturated rings. The lowest BCUT2D eigenvalue weighted by Crippen LogP contribution is -2.08. The Morgan fingerprint density at radius 3 is 2.41 bits per heavy atom. The summed E-state index contributed by atoms with van der Waals surface area (Å²) in [7, 11) is 3.27. The Kier molecular flexibility index (Phi) is 5.32. The van der Waals surface area contributed by atoms with Crippen molar-refractivity contribution < 1.29 is 24.1 Å². The van der Waals surface area contributed by atoms with Gasteiger partial charge in [0.25, 0.3) is 0 Å². The molecule has 150 valence electrons. The van der Waals surface area contributed by atoms with Gasteiger partial charge in [-0.3, -0.25) is 0 Å². The van der Waals surface area contributed by atoms with E-state index in [0.29, 0.717) is 24.7 Å². The predicted octanol–water partition coefficient (Wildman–Crippen LogP) is 4.90. The normalized spacial score (nSPS) is 13.0. The van der Waals surface area contributed by atoms with Gasteiger partial charge in [0.15, 0.2) is 11.5 Å². The molecule has 0 spiro atoms. The van der Waals surface area contributed by atoms with Crippen molar-refractivity contribution in [3.8, 4) is 34.1 Å². The zero-order chi connectivity index (χ0) is 20.4. The highest BCUT2D eigenvalue weighted by Crippen LogP contribution is 2.44. The molecule has 5 heteroatoms. The second-order valence-electron chi connectivity index (χ2n) is 7.02. The molecule has 1 aliphatic heterocycles. The second kappa shape index (κ2) is 8.05. The highest BCUT2D eigenvalue weighted by atomic mass is 16.5. The van der Waals surface area contributed by atoms with Gasteiger partial charge in [-0.2, -0.15) is 0 Å². The molecule has 0 amide bonds. The maximum absolute atomic E-state index is 9.84. The smallest absolute Gasteiger partial charge is 0.165 e. The summed E-state index contributed by atoms with van der Waals surface area (Å²) in [6, 6.07) is 17.5. The first-order valence-electron chi connectivity index (χ1n) is 9.51. The number of aliphatic hydroxyl groups is 1. The molecule has 0 aliphatic carbocycles. The summed E-state index contributed by atoms with van der Waals surface area (Å²) in [5.74, 6) is 2.85. The Hall–Kier alpha value is -3.18. The van der Waals surface area contributed by atoms with Gasteiger partial charge in [-0.15, -0.1) is 0 Å². The van der Waals surface area contributed by atoms with Crippen LogP contribution in [0.3, 0.4) is 0 Å². The minimum atomic E-state index is -0.509. The molecule has 0 unspecified atom stereocenters. The Morgan fingerprint density at radius 1 is 0.931 bits per heavy atom. The Morgan fingerprint density at radius 2 is 1.72 bits per heavy atom. The molecule has 0 saturated heterocycles. The van der Waals surface area contributed by atoms with Crippen LogP contribution in [0.1, 0.15) is 29.7 Å². The van der Waals surface area contributed by atoms with Crippen LogP contribution in [0.15, 0.2) is 54.6 Å². The fourth-order valence-corrected chi connectivity index (χ4v) is 3.44. The molecule has 1 N–H and O–H groups in total. The van der Waals surface area contributed by atoms with Crippen LogP contribution < -0.4 is 18.9 Å². The van der Waals surface area contributed by atoms with Gasteiger partial charge in [-0.1, -0.05) is 24.3 Å². The summed E-state index contributed by atoms with van der Waals surface area (Å²) >= 11 is 0. The van der Waals surface area contributed by atoms with Crippen LogP contribution in [-0.2, 0) is 13.2 Å². The highest BCUT2D eigenvalue weighted by Gasteiger charge is 2.22. The predicted molar refractivity (Wildman–Crippen MR) is 111 cm³/mol. The van der Waals surface area contributed by atoms with E-state index in [1.807, 2.05) is 54.6 Å². The molecular formula is C24H24O5. The van der Waals surface area contributed by atoms with Crippen LogP contribution >= 0.6 is 0 Å². The van der Waals surface area contributed by atoms with Gasteiger partial charge in [0.2, 0.25) is 0 Å². The van der Waals surface area contributed by atoms with Crippen LogP contribution in [0.5, 0.6) is 23.0 Å². The summed E-state index contributed by atoms with van der Waals surface area (Å²) in [4.78, 5) is 0. The van der Waals surface area contributed by atoms with E-state index in [2.05, 4.69) is 0 Å². The highest BCUT2D eigenvalue weighted by molar-refractivity contribution is 5.78. The van der Waals surface area contributed by atoms with Gasteiger partial charge in [-0.25, -0.2) is 0 Å². The minimum absolute atomic E-state index is 0.410. The van der Waals surface area contributed by atoms with E-state index in [0.717, 1.165) is 39.3 Å². The van der Waals surface area contributed by atoms with Crippen molar-refractivity contribution in [1.82, 2.24) is 0 Å². The van der Waals surface area contributed by atoms with Gasteiger partial charge >= 0.3 is 0 Å².